The molecule has 3 heteroatoms. The lowest BCUT2D eigenvalue weighted by atomic mass is 9.91. The molecule has 0 bridgehead atoms. The third kappa shape index (κ3) is 3.12. The number of aromatic nitrogens is 2. The Hall–Kier alpha value is -1.77. The molecule has 0 unspecified atom stereocenters. The summed E-state index contributed by atoms with van der Waals surface area (Å²) in [6.45, 7) is 12.6. The minimum absolute atomic E-state index is 0.177. The van der Waals surface area contributed by atoms with Crippen LogP contribution in [0.5, 0.6) is 5.75 Å². The largest absolute Gasteiger partial charge is 0.504 e. The van der Waals surface area contributed by atoms with E-state index in [0.717, 1.165) is 29.1 Å². The SMILES string of the molecule is Cc1ccccc1-n1nc(C(C)(C)C)c(O)c1CC(C)C. The normalized spacial score (nSPS) is 12.1. The van der Waals surface area contributed by atoms with Gasteiger partial charge in [-0.2, -0.15) is 5.10 Å². The van der Waals surface area contributed by atoms with Gasteiger partial charge in [-0.25, -0.2) is 4.68 Å². The second kappa shape index (κ2) is 5.55. The molecule has 0 radical (unpaired) electrons. The Morgan fingerprint density at radius 2 is 1.81 bits per heavy atom. The van der Waals surface area contributed by atoms with Crippen molar-refractivity contribution in [2.45, 2.75) is 53.4 Å². The van der Waals surface area contributed by atoms with E-state index in [-0.39, 0.29) is 5.41 Å². The van der Waals surface area contributed by atoms with Crippen molar-refractivity contribution in [3.05, 3.63) is 41.2 Å². The van der Waals surface area contributed by atoms with E-state index in [2.05, 4.69) is 53.7 Å². The second-order valence-corrected chi connectivity index (χ2v) is 7.19. The molecular formula is C18H26N2O. The van der Waals surface area contributed by atoms with Gasteiger partial charge in [0.25, 0.3) is 0 Å². The summed E-state index contributed by atoms with van der Waals surface area (Å²) in [5.74, 6) is 0.808. The Balaban J connectivity index is 2.67. The first-order valence-corrected chi connectivity index (χ1v) is 7.59. The maximum Gasteiger partial charge on any atom is 0.161 e. The van der Waals surface area contributed by atoms with E-state index in [1.165, 1.54) is 0 Å². The molecule has 0 saturated carbocycles. The van der Waals surface area contributed by atoms with Gasteiger partial charge in [0.05, 0.1) is 11.4 Å². The zero-order chi connectivity index (χ0) is 15.8. The summed E-state index contributed by atoms with van der Waals surface area (Å²) < 4.78 is 1.92. The lowest BCUT2D eigenvalue weighted by molar-refractivity contribution is 0.435. The molecule has 1 N–H and O–H groups in total. The molecule has 114 valence electrons. The van der Waals surface area contributed by atoms with Crippen LogP contribution in [0, 0.1) is 12.8 Å². The smallest absolute Gasteiger partial charge is 0.161 e. The number of hydrogen-bond acceptors (Lipinski definition) is 2. The number of benzene rings is 1. The molecule has 0 aliphatic carbocycles. The second-order valence-electron chi connectivity index (χ2n) is 7.19. The minimum Gasteiger partial charge on any atom is -0.504 e. The third-order valence-electron chi connectivity index (χ3n) is 3.61. The van der Waals surface area contributed by atoms with Gasteiger partial charge in [-0.05, 0) is 30.9 Å². The van der Waals surface area contributed by atoms with Crippen LogP contribution < -0.4 is 0 Å². The van der Waals surface area contributed by atoms with Crippen LogP contribution in [0.15, 0.2) is 24.3 Å². The van der Waals surface area contributed by atoms with Crippen molar-refractivity contribution in [1.82, 2.24) is 9.78 Å². The highest BCUT2D eigenvalue weighted by Gasteiger charge is 2.27. The first kappa shape index (κ1) is 15.6. The molecule has 0 spiro atoms. The van der Waals surface area contributed by atoms with Gasteiger partial charge >= 0.3 is 0 Å². The fourth-order valence-electron chi connectivity index (χ4n) is 2.52. The van der Waals surface area contributed by atoms with E-state index in [1.54, 1.807) is 0 Å². The molecule has 1 aromatic carbocycles. The number of aryl methyl sites for hydroxylation is 1. The quantitative estimate of drug-likeness (QED) is 0.909. The fourth-order valence-corrected chi connectivity index (χ4v) is 2.52. The molecular weight excluding hydrogens is 260 g/mol. The summed E-state index contributed by atoms with van der Waals surface area (Å²) in [6, 6.07) is 8.16. The predicted molar refractivity (Wildman–Crippen MR) is 87.2 cm³/mol. The average molecular weight is 286 g/mol. The average Bonchev–Trinajstić information content (AvgIpc) is 2.67. The Kier molecular flexibility index (Phi) is 4.13. The van der Waals surface area contributed by atoms with Crippen LogP contribution in [0.25, 0.3) is 5.69 Å². The zero-order valence-corrected chi connectivity index (χ0v) is 13.9. The monoisotopic (exact) mass is 286 g/mol. The molecule has 0 saturated heterocycles. The van der Waals surface area contributed by atoms with Crippen LogP contribution >= 0.6 is 0 Å². The summed E-state index contributed by atoms with van der Waals surface area (Å²) in [5.41, 5.74) is 3.69. The molecule has 0 aliphatic rings. The Bertz CT molecular complexity index is 633. The van der Waals surface area contributed by atoms with Crippen LogP contribution in [0.4, 0.5) is 0 Å². The molecule has 0 fully saturated rings. The highest BCUT2D eigenvalue weighted by molar-refractivity contribution is 5.46. The molecule has 1 aromatic heterocycles. The summed E-state index contributed by atoms with van der Waals surface area (Å²) in [6.07, 6.45) is 0.809. The van der Waals surface area contributed by atoms with Crippen LogP contribution in [0.1, 0.15) is 51.6 Å². The molecule has 0 aliphatic heterocycles. The van der Waals surface area contributed by atoms with E-state index in [4.69, 9.17) is 5.10 Å². The molecule has 21 heavy (non-hydrogen) atoms. The number of aromatic hydroxyl groups is 1. The number of nitrogens with zero attached hydrogens (tertiary/aromatic N) is 2. The van der Waals surface area contributed by atoms with Gasteiger partial charge in [-0.3, -0.25) is 0 Å². The van der Waals surface area contributed by atoms with Crippen LogP contribution in [0.3, 0.4) is 0 Å². The Morgan fingerprint density at radius 1 is 1.19 bits per heavy atom. The van der Waals surface area contributed by atoms with E-state index in [0.29, 0.717) is 11.7 Å². The van der Waals surface area contributed by atoms with Crippen molar-refractivity contribution in [3.8, 4) is 11.4 Å². The predicted octanol–water partition coefficient (Wildman–Crippen LogP) is 4.38. The molecule has 2 aromatic rings. The van der Waals surface area contributed by atoms with Gasteiger partial charge in [-0.15, -0.1) is 0 Å². The van der Waals surface area contributed by atoms with Crippen LogP contribution in [0.2, 0.25) is 0 Å². The maximum atomic E-state index is 10.7. The Labute approximate surface area is 127 Å². The fraction of sp³-hybridized carbons (Fsp3) is 0.500. The number of hydrogen-bond donors (Lipinski definition) is 1. The summed E-state index contributed by atoms with van der Waals surface area (Å²) in [5, 5.41) is 15.4. The molecule has 1 heterocycles. The van der Waals surface area contributed by atoms with Crippen LogP contribution in [-0.2, 0) is 11.8 Å². The van der Waals surface area contributed by atoms with Crippen molar-refractivity contribution >= 4 is 0 Å². The lowest BCUT2D eigenvalue weighted by Crippen LogP contribution is -2.13. The number of rotatable bonds is 3. The number of para-hydroxylation sites is 1. The van der Waals surface area contributed by atoms with Crippen molar-refractivity contribution in [3.63, 3.8) is 0 Å². The van der Waals surface area contributed by atoms with E-state index in [9.17, 15) is 5.11 Å². The van der Waals surface area contributed by atoms with E-state index < -0.39 is 0 Å². The Morgan fingerprint density at radius 3 is 2.33 bits per heavy atom. The molecule has 0 amide bonds. The third-order valence-corrected chi connectivity index (χ3v) is 3.61. The van der Waals surface area contributed by atoms with Crippen molar-refractivity contribution < 1.29 is 5.11 Å². The minimum atomic E-state index is -0.177. The summed E-state index contributed by atoms with van der Waals surface area (Å²) >= 11 is 0. The molecule has 2 rings (SSSR count). The molecule has 0 atom stereocenters. The summed E-state index contributed by atoms with van der Waals surface area (Å²) in [7, 11) is 0. The first-order valence-electron chi connectivity index (χ1n) is 7.59. The van der Waals surface area contributed by atoms with Gasteiger partial charge in [0.2, 0.25) is 0 Å². The first-order chi connectivity index (χ1) is 9.71. The van der Waals surface area contributed by atoms with Crippen LogP contribution in [-0.4, -0.2) is 14.9 Å². The highest BCUT2D eigenvalue weighted by atomic mass is 16.3. The van der Waals surface area contributed by atoms with Crippen molar-refractivity contribution in [2.75, 3.05) is 0 Å². The van der Waals surface area contributed by atoms with Crippen molar-refractivity contribution in [1.29, 1.82) is 0 Å². The van der Waals surface area contributed by atoms with Gasteiger partial charge in [-0.1, -0.05) is 52.8 Å². The standard InChI is InChI=1S/C18H26N2O/c1-12(2)11-15-16(21)17(18(4,5)6)19-20(15)14-10-8-7-9-13(14)3/h7-10,12,21H,11H2,1-6H3. The van der Waals surface area contributed by atoms with Gasteiger partial charge in [0, 0.05) is 5.41 Å². The summed E-state index contributed by atoms with van der Waals surface area (Å²) in [4.78, 5) is 0. The van der Waals surface area contributed by atoms with Gasteiger partial charge < -0.3 is 5.11 Å². The van der Waals surface area contributed by atoms with E-state index in [1.807, 2.05) is 16.8 Å². The van der Waals surface area contributed by atoms with Gasteiger partial charge in [0.1, 0.15) is 5.69 Å². The van der Waals surface area contributed by atoms with Gasteiger partial charge in [0.15, 0.2) is 5.75 Å². The zero-order valence-electron chi connectivity index (χ0n) is 13.9. The maximum absolute atomic E-state index is 10.7. The lowest BCUT2D eigenvalue weighted by Gasteiger charge is -2.15. The highest BCUT2D eigenvalue weighted by Crippen LogP contribution is 2.35. The molecule has 3 nitrogen and oxygen atoms in total. The topological polar surface area (TPSA) is 38.0 Å². The van der Waals surface area contributed by atoms with Crippen molar-refractivity contribution in [2.24, 2.45) is 5.92 Å². The van der Waals surface area contributed by atoms with E-state index >= 15 is 0 Å².